The van der Waals surface area contributed by atoms with Crippen LogP contribution in [0.4, 0.5) is 5.69 Å². The molecule has 1 heterocycles. The highest BCUT2D eigenvalue weighted by Gasteiger charge is 2.28. The van der Waals surface area contributed by atoms with E-state index in [1.807, 2.05) is 24.3 Å². The van der Waals surface area contributed by atoms with Crippen LogP contribution in [0, 0.1) is 0 Å². The highest BCUT2D eigenvalue weighted by atomic mass is 16.5. The van der Waals surface area contributed by atoms with Crippen molar-refractivity contribution in [2.45, 2.75) is 19.6 Å². The zero-order valence-corrected chi connectivity index (χ0v) is 13.9. The minimum absolute atomic E-state index is 0.0336. The molecule has 0 fully saturated rings. The van der Waals surface area contributed by atoms with Gasteiger partial charge in [-0.05, 0) is 41.8 Å². The standard InChI is InChI=1S/C20H19NO4/c1-3-25-20(24)18(22)13(2)14-8-10-16(11-9-14)21-12-15-6-4-5-7-17(15)19(21)23/h4-11,18,22H,2-3,12H2,1H3. The van der Waals surface area contributed by atoms with E-state index in [9.17, 15) is 14.7 Å². The zero-order chi connectivity index (χ0) is 18.0. The van der Waals surface area contributed by atoms with Gasteiger partial charge < -0.3 is 14.7 Å². The summed E-state index contributed by atoms with van der Waals surface area (Å²) in [6, 6.07) is 14.6. The van der Waals surface area contributed by atoms with E-state index in [1.54, 1.807) is 36.1 Å². The van der Waals surface area contributed by atoms with E-state index in [2.05, 4.69) is 6.58 Å². The fourth-order valence-electron chi connectivity index (χ4n) is 2.84. The number of nitrogens with zero attached hydrogens (tertiary/aromatic N) is 1. The maximum absolute atomic E-state index is 12.5. The number of amides is 1. The van der Waals surface area contributed by atoms with Crippen molar-refractivity contribution in [2.24, 2.45) is 0 Å². The summed E-state index contributed by atoms with van der Waals surface area (Å²) in [6.45, 7) is 6.17. The summed E-state index contributed by atoms with van der Waals surface area (Å²) < 4.78 is 4.80. The van der Waals surface area contributed by atoms with Crippen molar-refractivity contribution in [2.75, 3.05) is 11.5 Å². The summed E-state index contributed by atoms with van der Waals surface area (Å²) in [5, 5.41) is 9.97. The summed E-state index contributed by atoms with van der Waals surface area (Å²) in [5.41, 5.74) is 3.35. The van der Waals surface area contributed by atoms with Crippen LogP contribution in [0.3, 0.4) is 0 Å². The minimum Gasteiger partial charge on any atom is -0.464 e. The highest BCUT2D eigenvalue weighted by molar-refractivity contribution is 6.10. The SMILES string of the molecule is C=C(c1ccc(N2Cc3ccccc3C2=O)cc1)C(O)C(=O)OCC. The average molecular weight is 337 g/mol. The number of benzene rings is 2. The number of rotatable bonds is 5. The Hall–Kier alpha value is -2.92. The molecule has 1 atom stereocenters. The van der Waals surface area contributed by atoms with Gasteiger partial charge in [-0.1, -0.05) is 36.9 Å². The average Bonchev–Trinajstić information content (AvgIpc) is 2.98. The molecular weight excluding hydrogens is 318 g/mol. The molecule has 5 nitrogen and oxygen atoms in total. The van der Waals surface area contributed by atoms with Gasteiger partial charge >= 0.3 is 5.97 Å². The lowest BCUT2D eigenvalue weighted by molar-refractivity contribution is -0.149. The van der Waals surface area contributed by atoms with E-state index in [4.69, 9.17) is 4.74 Å². The number of anilines is 1. The fraction of sp³-hybridized carbons (Fsp3) is 0.200. The molecular formula is C20H19NO4. The van der Waals surface area contributed by atoms with Crippen LogP contribution >= 0.6 is 0 Å². The number of hydrogen-bond donors (Lipinski definition) is 1. The zero-order valence-electron chi connectivity index (χ0n) is 13.9. The van der Waals surface area contributed by atoms with Gasteiger partial charge in [-0.15, -0.1) is 0 Å². The lowest BCUT2D eigenvalue weighted by Gasteiger charge is -2.17. The van der Waals surface area contributed by atoms with E-state index in [0.29, 0.717) is 17.7 Å². The molecule has 2 aromatic carbocycles. The van der Waals surface area contributed by atoms with Crippen LogP contribution in [0.2, 0.25) is 0 Å². The van der Waals surface area contributed by atoms with E-state index in [1.165, 1.54) is 0 Å². The third-order valence-electron chi connectivity index (χ3n) is 4.21. The normalized spacial score (nSPS) is 14.2. The number of aliphatic hydroxyl groups excluding tert-OH is 1. The van der Waals surface area contributed by atoms with Crippen molar-refractivity contribution in [3.8, 4) is 0 Å². The molecule has 0 saturated heterocycles. The van der Waals surface area contributed by atoms with Crippen LogP contribution in [0.15, 0.2) is 55.1 Å². The van der Waals surface area contributed by atoms with Crippen LogP contribution in [0.1, 0.15) is 28.4 Å². The van der Waals surface area contributed by atoms with Gasteiger partial charge in [0.05, 0.1) is 13.2 Å². The Bertz CT molecular complexity index is 826. The molecule has 5 heteroatoms. The Morgan fingerprint density at radius 1 is 1.24 bits per heavy atom. The predicted molar refractivity (Wildman–Crippen MR) is 95.1 cm³/mol. The van der Waals surface area contributed by atoms with Crippen molar-refractivity contribution < 1.29 is 19.4 Å². The van der Waals surface area contributed by atoms with Crippen LogP contribution in [0.5, 0.6) is 0 Å². The summed E-state index contributed by atoms with van der Waals surface area (Å²) in [7, 11) is 0. The third kappa shape index (κ3) is 3.19. The summed E-state index contributed by atoms with van der Waals surface area (Å²) >= 11 is 0. The van der Waals surface area contributed by atoms with Gasteiger partial charge in [0.25, 0.3) is 5.91 Å². The molecule has 1 N–H and O–H groups in total. The van der Waals surface area contributed by atoms with Crippen molar-refractivity contribution in [1.29, 1.82) is 0 Å². The largest absolute Gasteiger partial charge is 0.464 e. The molecule has 25 heavy (non-hydrogen) atoms. The summed E-state index contributed by atoms with van der Waals surface area (Å²) in [5.74, 6) is -0.754. The number of hydrogen-bond acceptors (Lipinski definition) is 4. The van der Waals surface area contributed by atoms with Crippen LogP contribution in [0.25, 0.3) is 5.57 Å². The Morgan fingerprint density at radius 3 is 2.56 bits per heavy atom. The molecule has 2 aromatic rings. The van der Waals surface area contributed by atoms with Crippen LogP contribution in [-0.4, -0.2) is 29.7 Å². The Labute approximate surface area is 146 Å². The lowest BCUT2D eigenvalue weighted by Crippen LogP contribution is -2.24. The van der Waals surface area contributed by atoms with Gasteiger partial charge in [-0.3, -0.25) is 4.79 Å². The molecule has 1 amide bonds. The second-order valence-corrected chi connectivity index (χ2v) is 5.78. The molecule has 1 unspecified atom stereocenters. The van der Waals surface area contributed by atoms with Gasteiger partial charge in [-0.2, -0.15) is 0 Å². The van der Waals surface area contributed by atoms with Crippen molar-refractivity contribution in [3.63, 3.8) is 0 Å². The van der Waals surface area contributed by atoms with Gasteiger partial charge in [-0.25, -0.2) is 4.79 Å². The highest BCUT2D eigenvalue weighted by Crippen LogP contribution is 2.29. The molecule has 128 valence electrons. The van der Waals surface area contributed by atoms with Gasteiger partial charge in [0.1, 0.15) is 0 Å². The van der Waals surface area contributed by atoms with Gasteiger partial charge in [0.2, 0.25) is 0 Å². The second kappa shape index (κ2) is 6.91. The van der Waals surface area contributed by atoms with E-state index < -0.39 is 12.1 Å². The Kier molecular flexibility index (Phi) is 4.67. The Morgan fingerprint density at radius 2 is 1.92 bits per heavy atom. The van der Waals surface area contributed by atoms with Crippen molar-refractivity contribution in [3.05, 3.63) is 71.8 Å². The molecule has 1 aliphatic rings. The smallest absolute Gasteiger partial charge is 0.339 e. The van der Waals surface area contributed by atoms with E-state index in [-0.39, 0.29) is 18.1 Å². The van der Waals surface area contributed by atoms with Gasteiger partial charge in [0, 0.05) is 11.3 Å². The first kappa shape index (κ1) is 16.9. The first-order chi connectivity index (χ1) is 12.0. The molecule has 0 aliphatic carbocycles. The Balaban J connectivity index is 1.76. The number of aliphatic hydroxyl groups is 1. The first-order valence-corrected chi connectivity index (χ1v) is 8.06. The van der Waals surface area contributed by atoms with Crippen LogP contribution in [-0.2, 0) is 16.1 Å². The number of esters is 1. The van der Waals surface area contributed by atoms with Crippen molar-refractivity contribution in [1.82, 2.24) is 0 Å². The first-order valence-electron chi connectivity index (χ1n) is 8.06. The lowest BCUT2D eigenvalue weighted by atomic mass is 10.0. The number of ether oxygens (including phenoxy) is 1. The molecule has 0 bridgehead atoms. The molecule has 0 saturated carbocycles. The summed E-state index contributed by atoms with van der Waals surface area (Å²) in [6.07, 6.45) is -1.40. The topological polar surface area (TPSA) is 66.8 Å². The second-order valence-electron chi connectivity index (χ2n) is 5.78. The van der Waals surface area contributed by atoms with Gasteiger partial charge in [0.15, 0.2) is 6.10 Å². The molecule has 0 aromatic heterocycles. The molecule has 0 spiro atoms. The maximum atomic E-state index is 12.5. The quantitative estimate of drug-likeness (QED) is 0.852. The number of carbonyl (C=O) groups excluding carboxylic acids is 2. The maximum Gasteiger partial charge on any atom is 0.339 e. The predicted octanol–water partition coefficient (Wildman–Crippen LogP) is 2.78. The molecule has 0 radical (unpaired) electrons. The monoisotopic (exact) mass is 337 g/mol. The van der Waals surface area contributed by atoms with Crippen molar-refractivity contribution >= 4 is 23.1 Å². The van der Waals surface area contributed by atoms with E-state index in [0.717, 1.165) is 11.3 Å². The number of fused-ring (bicyclic) bond motifs is 1. The fourth-order valence-corrected chi connectivity index (χ4v) is 2.84. The molecule has 1 aliphatic heterocycles. The molecule has 3 rings (SSSR count). The summed E-state index contributed by atoms with van der Waals surface area (Å²) in [4.78, 5) is 25.8. The number of carbonyl (C=O) groups is 2. The minimum atomic E-state index is -1.40. The third-order valence-corrected chi connectivity index (χ3v) is 4.21. The van der Waals surface area contributed by atoms with E-state index >= 15 is 0 Å². The van der Waals surface area contributed by atoms with Crippen LogP contribution < -0.4 is 4.90 Å².